The Morgan fingerprint density at radius 2 is 1.69 bits per heavy atom. The molecular weight excluding hydrogens is 383 g/mol. The molecule has 0 spiro atoms. The molecular formula is C7H6ClO3SW-. The molecule has 0 saturated heterocycles. The predicted molar refractivity (Wildman–Crippen MR) is 45.5 cm³/mol. The van der Waals surface area contributed by atoms with E-state index in [1.54, 1.807) is 0 Å². The van der Waals surface area contributed by atoms with E-state index in [0.29, 0.717) is 5.75 Å². The second-order valence-electron chi connectivity index (χ2n) is 2.05. The summed E-state index contributed by atoms with van der Waals surface area (Å²) in [6.45, 7) is 0. The number of hydrogen-bond donors (Lipinski definition) is 0. The van der Waals surface area contributed by atoms with Crippen LogP contribution >= 0.6 is 10.7 Å². The summed E-state index contributed by atoms with van der Waals surface area (Å²) in [5.41, 5.74) is 0. The fourth-order valence-corrected chi connectivity index (χ4v) is 1.47. The Labute approximate surface area is 95.7 Å². The average molecular weight is 389 g/mol. The molecule has 0 unspecified atom stereocenters. The van der Waals surface area contributed by atoms with E-state index in [1.807, 2.05) is 0 Å². The number of rotatable bonds is 2. The summed E-state index contributed by atoms with van der Waals surface area (Å²) in [5.74, 6) is 0.485. The van der Waals surface area contributed by atoms with Crippen molar-refractivity contribution in [2.75, 3.05) is 0 Å². The van der Waals surface area contributed by atoms with Crippen molar-refractivity contribution in [3.05, 3.63) is 31.4 Å². The van der Waals surface area contributed by atoms with Crippen molar-refractivity contribution < 1.29 is 34.2 Å². The molecule has 0 heterocycles. The van der Waals surface area contributed by atoms with Crippen molar-refractivity contribution in [3.63, 3.8) is 0 Å². The Bertz CT molecular complexity index is 360. The van der Waals surface area contributed by atoms with Gasteiger partial charge in [-0.15, -0.1) is 0 Å². The van der Waals surface area contributed by atoms with E-state index in [9.17, 15) is 8.42 Å². The number of hydrogen-bond acceptors (Lipinski definition) is 3. The van der Waals surface area contributed by atoms with Gasteiger partial charge in [0.1, 0.15) is 0 Å². The van der Waals surface area contributed by atoms with Crippen LogP contribution in [-0.4, -0.2) is 8.42 Å². The van der Waals surface area contributed by atoms with Crippen molar-refractivity contribution >= 4 is 19.7 Å². The first kappa shape index (κ1) is 12.9. The van der Waals surface area contributed by atoms with Crippen LogP contribution in [0.5, 0.6) is 5.75 Å². The number of halogens is 1. The van der Waals surface area contributed by atoms with E-state index in [-0.39, 0.29) is 26.0 Å². The van der Waals surface area contributed by atoms with Gasteiger partial charge in [-0.3, -0.25) is 0 Å². The zero-order chi connectivity index (χ0) is 9.19. The van der Waals surface area contributed by atoms with Crippen LogP contribution in [0.2, 0.25) is 0 Å². The molecule has 0 radical (unpaired) electrons. The largest absolute Gasteiger partial charge is 0.665 e. The fourth-order valence-electron chi connectivity index (χ4n) is 0.698. The van der Waals surface area contributed by atoms with Crippen molar-refractivity contribution in [1.29, 1.82) is 0 Å². The zero-order valence-corrected chi connectivity index (χ0v) is 10.9. The molecule has 0 saturated carbocycles. The van der Waals surface area contributed by atoms with Crippen LogP contribution in [-0.2, 0) is 30.1 Å². The van der Waals surface area contributed by atoms with Crippen LogP contribution in [0.1, 0.15) is 0 Å². The van der Waals surface area contributed by atoms with Gasteiger partial charge in [0.05, 0.1) is 10.6 Å². The van der Waals surface area contributed by atoms with E-state index in [0.717, 1.165) is 0 Å². The molecule has 6 heteroatoms. The van der Waals surface area contributed by atoms with Crippen molar-refractivity contribution in [1.82, 2.24) is 0 Å². The molecule has 0 bridgehead atoms. The molecule has 72 valence electrons. The molecule has 0 fully saturated rings. The topological polar surface area (TPSA) is 43.4 Å². The molecule has 0 atom stereocenters. The quantitative estimate of drug-likeness (QED) is 0.572. The molecule has 0 N–H and O–H groups in total. The summed E-state index contributed by atoms with van der Waals surface area (Å²) in [5, 5.41) is 0. The third-order valence-electron chi connectivity index (χ3n) is 1.27. The summed E-state index contributed by atoms with van der Waals surface area (Å²) >= 11 is 0. The summed E-state index contributed by atoms with van der Waals surface area (Å²) < 4.78 is 26.1. The Kier molecular flexibility index (Phi) is 4.97. The predicted octanol–water partition coefficient (Wildman–Crippen LogP) is 1.78. The van der Waals surface area contributed by atoms with Gasteiger partial charge >= 0.3 is 0 Å². The van der Waals surface area contributed by atoms with Gasteiger partial charge in [-0.2, -0.15) is 7.11 Å². The van der Waals surface area contributed by atoms with Gasteiger partial charge in [-0.1, -0.05) is 0 Å². The molecule has 0 amide bonds. The maximum atomic E-state index is 10.7. The third-order valence-corrected chi connectivity index (χ3v) is 2.64. The standard InChI is InChI=1S/C7H6ClO3S.W/c1-11-6-2-4-7(5-3-6)12(8,9)10;/h2-5H,1H2;/q-1;. The van der Waals surface area contributed by atoms with Gasteiger partial charge in [0, 0.05) is 31.7 Å². The van der Waals surface area contributed by atoms with Gasteiger partial charge in [0.15, 0.2) is 0 Å². The second-order valence-corrected chi connectivity index (χ2v) is 4.62. The van der Waals surface area contributed by atoms with Crippen LogP contribution < -0.4 is 4.74 Å². The molecule has 1 aromatic carbocycles. The maximum absolute atomic E-state index is 10.7. The van der Waals surface area contributed by atoms with Gasteiger partial charge in [-0.05, 0) is 24.3 Å². The minimum Gasteiger partial charge on any atom is -0.665 e. The summed E-state index contributed by atoms with van der Waals surface area (Å²) in [4.78, 5) is 0.0463. The molecule has 0 aliphatic carbocycles. The number of ether oxygens (including phenoxy) is 1. The summed E-state index contributed by atoms with van der Waals surface area (Å²) in [7, 11) is 4.60. The van der Waals surface area contributed by atoms with Crippen LogP contribution in [0, 0.1) is 7.11 Å². The van der Waals surface area contributed by atoms with Gasteiger partial charge in [-0.25, -0.2) is 8.42 Å². The Balaban J connectivity index is 0.00000144. The summed E-state index contributed by atoms with van der Waals surface area (Å²) in [6.07, 6.45) is 0. The smallest absolute Gasteiger partial charge is 0.261 e. The molecule has 13 heavy (non-hydrogen) atoms. The monoisotopic (exact) mass is 389 g/mol. The second kappa shape index (κ2) is 4.99. The van der Waals surface area contributed by atoms with Crippen molar-refractivity contribution in [2.45, 2.75) is 4.90 Å². The van der Waals surface area contributed by atoms with Gasteiger partial charge in [0.2, 0.25) is 0 Å². The molecule has 1 rings (SSSR count). The first-order valence-electron chi connectivity index (χ1n) is 3.01. The summed E-state index contributed by atoms with van der Waals surface area (Å²) in [6, 6.07) is 5.65. The Morgan fingerprint density at radius 1 is 1.23 bits per heavy atom. The van der Waals surface area contributed by atoms with E-state index in [2.05, 4.69) is 11.8 Å². The third kappa shape index (κ3) is 3.67. The van der Waals surface area contributed by atoms with Crippen LogP contribution in [0.25, 0.3) is 0 Å². The molecule has 0 aliphatic heterocycles. The van der Waals surface area contributed by atoms with Crippen molar-refractivity contribution in [3.8, 4) is 5.75 Å². The Hall–Kier alpha value is -0.0517. The molecule has 3 nitrogen and oxygen atoms in total. The SMILES string of the molecule is [CH2-]Oc1ccc(S(=O)(=O)Cl)cc1.[W]. The van der Waals surface area contributed by atoms with E-state index in [1.165, 1.54) is 24.3 Å². The zero-order valence-electron chi connectivity index (χ0n) is 6.44. The maximum Gasteiger partial charge on any atom is 0.261 e. The number of benzene rings is 1. The van der Waals surface area contributed by atoms with Gasteiger partial charge < -0.3 is 4.74 Å². The minimum absolute atomic E-state index is 0. The van der Waals surface area contributed by atoms with Crippen molar-refractivity contribution in [2.24, 2.45) is 0 Å². The first-order chi connectivity index (χ1) is 5.54. The van der Waals surface area contributed by atoms with Crippen LogP contribution in [0.15, 0.2) is 29.2 Å². The normalized spacial score (nSPS) is 10.3. The molecule has 0 aromatic heterocycles. The first-order valence-corrected chi connectivity index (χ1v) is 5.32. The minimum atomic E-state index is -3.63. The van der Waals surface area contributed by atoms with E-state index >= 15 is 0 Å². The molecule has 0 aliphatic rings. The van der Waals surface area contributed by atoms with Crippen LogP contribution in [0.3, 0.4) is 0 Å². The fraction of sp³-hybridized carbons (Fsp3) is 0. The van der Waals surface area contributed by atoms with E-state index < -0.39 is 9.05 Å². The van der Waals surface area contributed by atoms with Crippen LogP contribution in [0.4, 0.5) is 0 Å². The average Bonchev–Trinajstić information content (AvgIpc) is 2.03. The van der Waals surface area contributed by atoms with Gasteiger partial charge in [0.25, 0.3) is 9.05 Å². The van der Waals surface area contributed by atoms with E-state index in [4.69, 9.17) is 10.7 Å². The Morgan fingerprint density at radius 3 is 2.00 bits per heavy atom. The molecule has 1 aromatic rings.